The number of aliphatic hydroxyl groups excluding tert-OH is 1. The number of likely N-dealkylation sites (N-methyl/N-ethyl adjacent to an activating group) is 1. The van der Waals surface area contributed by atoms with Gasteiger partial charge < -0.3 is 15.2 Å². The second kappa shape index (κ2) is 6.23. The Balaban J connectivity index is 1.68. The number of benzene rings is 1. The van der Waals surface area contributed by atoms with Crippen molar-refractivity contribution in [3.8, 4) is 0 Å². The van der Waals surface area contributed by atoms with Crippen LogP contribution in [0.3, 0.4) is 0 Å². The van der Waals surface area contributed by atoms with Crippen LogP contribution in [0.2, 0.25) is 0 Å². The maximum absolute atomic E-state index is 13.7. The van der Waals surface area contributed by atoms with Gasteiger partial charge in [0, 0.05) is 19.1 Å². The highest BCUT2D eigenvalue weighted by molar-refractivity contribution is 5.75. The molecule has 1 aliphatic heterocycles. The maximum Gasteiger partial charge on any atom is 0.317 e. The first-order valence-corrected chi connectivity index (χ1v) is 7.39. The van der Waals surface area contributed by atoms with Crippen LogP contribution in [-0.4, -0.2) is 74.8 Å². The molecule has 7 nitrogen and oxygen atoms in total. The molecule has 1 fully saturated rings. The van der Waals surface area contributed by atoms with Crippen molar-refractivity contribution >= 4 is 17.0 Å². The zero-order valence-electron chi connectivity index (χ0n) is 12.7. The maximum atomic E-state index is 13.7. The number of carbonyl (C=O) groups is 1. The SMILES string of the molecule is CN(CC(=O)O)C1CN(Cc2nc3c(F)cccc3[nH]2)C[C@H]1O. The molecule has 1 aromatic heterocycles. The zero-order chi connectivity index (χ0) is 16.6. The van der Waals surface area contributed by atoms with Gasteiger partial charge in [-0.1, -0.05) is 6.07 Å². The van der Waals surface area contributed by atoms with E-state index >= 15 is 0 Å². The lowest BCUT2D eigenvalue weighted by Crippen LogP contribution is -2.43. The quantitative estimate of drug-likeness (QED) is 0.731. The number of carboxylic acid groups (broad SMARTS) is 1. The van der Waals surface area contributed by atoms with E-state index in [9.17, 15) is 14.3 Å². The first kappa shape index (κ1) is 15.9. The monoisotopic (exact) mass is 322 g/mol. The fraction of sp³-hybridized carbons (Fsp3) is 0.467. The van der Waals surface area contributed by atoms with E-state index in [1.54, 1.807) is 24.1 Å². The molecule has 0 radical (unpaired) electrons. The van der Waals surface area contributed by atoms with Crippen LogP contribution < -0.4 is 0 Å². The van der Waals surface area contributed by atoms with Gasteiger partial charge in [-0.3, -0.25) is 14.6 Å². The van der Waals surface area contributed by atoms with Crippen LogP contribution in [0.1, 0.15) is 5.82 Å². The summed E-state index contributed by atoms with van der Waals surface area (Å²) in [5.74, 6) is -0.671. The van der Waals surface area contributed by atoms with E-state index in [1.807, 2.05) is 4.90 Å². The van der Waals surface area contributed by atoms with Crippen LogP contribution in [-0.2, 0) is 11.3 Å². The number of aliphatic hydroxyl groups is 1. The van der Waals surface area contributed by atoms with Gasteiger partial charge in [-0.05, 0) is 19.2 Å². The summed E-state index contributed by atoms with van der Waals surface area (Å²) in [5.41, 5.74) is 0.945. The van der Waals surface area contributed by atoms with Crippen LogP contribution in [0, 0.1) is 5.82 Å². The van der Waals surface area contributed by atoms with Gasteiger partial charge in [0.15, 0.2) is 5.82 Å². The van der Waals surface area contributed by atoms with Crippen LogP contribution in [0.25, 0.3) is 11.0 Å². The number of halogens is 1. The standard InChI is InChI=1S/C15H19FN4O3/c1-19(8-14(22)23)11-5-20(6-12(11)21)7-13-17-10-4-2-3-9(16)15(10)18-13/h2-4,11-12,21H,5-8H2,1H3,(H,17,18)(H,22,23)/t11?,12-/m1/s1. The zero-order valence-corrected chi connectivity index (χ0v) is 12.7. The Bertz CT molecular complexity index is 720. The summed E-state index contributed by atoms with van der Waals surface area (Å²) in [7, 11) is 1.68. The smallest absolute Gasteiger partial charge is 0.317 e. The third-order valence-electron chi connectivity index (χ3n) is 4.17. The summed E-state index contributed by atoms with van der Waals surface area (Å²) < 4.78 is 13.7. The molecule has 0 amide bonds. The Labute approximate surface area is 132 Å². The van der Waals surface area contributed by atoms with Crippen molar-refractivity contribution in [1.82, 2.24) is 19.8 Å². The molecule has 0 aliphatic carbocycles. The molecular formula is C15H19FN4O3. The number of aromatic nitrogens is 2. The van der Waals surface area contributed by atoms with E-state index in [0.29, 0.717) is 36.5 Å². The van der Waals surface area contributed by atoms with Crippen LogP contribution >= 0.6 is 0 Å². The molecule has 23 heavy (non-hydrogen) atoms. The van der Waals surface area contributed by atoms with E-state index in [2.05, 4.69) is 9.97 Å². The second-order valence-corrected chi connectivity index (χ2v) is 5.96. The number of imidazole rings is 1. The number of para-hydroxylation sites is 1. The molecule has 3 N–H and O–H groups in total. The Morgan fingerprint density at radius 1 is 1.52 bits per heavy atom. The molecule has 2 aromatic rings. The van der Waals surface area contributed by atoms with E-state index in [4.69, 9.17) is 5.11 Å². The Hall–Kier alpha value is -2.03. The topological polar surface area (TPSA) is 92.7 Å². The number of β-amino-alcohol motifs (C(OH)–C–C–N with tert-alkyl or cyclic N) is 1. The first-order valence-electron chi connectivity index (χ1n) is 7.39. The highest BCUT2D eigenvalue weighted by atomic mass is 19.1. The number of aliphatic carboxylic acids is 1. The normalized spacial score (nSPS) is 22.3. The van der Waals surface area contributed by atoms with Gasteiger partial charge in [-0.2, -0.15) is 0 Å². The Kier molecular flexibility index (Phi) is 4.29. The molecule has 1 aromatic carbocycles. The number of hydrogen-bond donors (Lipinski definition) is 3. The van der Waals surface area contributed by atoms with Crippen LogP contribution in [0.4, 0.5) is 4.39 Å². The van der Waals surface area contributed by atoms with E-state index in [1.165, 1.54) is 6.07 Å². The van der Waals surface area contributed by atoms with Crippen molar-refractivity contribution in [3.05, 3.63) is 29.8 Å². The predicted octanol–water partition coefficient (Wildman–Crippen LogP) is 0.263. The van der Waals surface area contributed by atoms with E-state index < -0.39 is 12.1 Å². The molecule has 8 heteroatoms. The number of nitrogens with one attached hydrogen (secondary N) is 1. The third kappa shape index (κ3) is 3.34. The molecule has 0 spiro atoms. The van der Waals surface area contributed by atoms with Gasteiger partial charge in [-0.15, -0.1) is 0 Å². The molecule has 2 heterocycles. The summed E-state index contributed by atoms with van der Waals surface area (Å²) in [6, 6.07) is 4.50. The molecule has 124 valence electrons. The molecule has 0 bridgehead atoms. The Morgan fingerprint density at radius 3 is 3.00 bits per heavy atom. The van der Waals surface area contributed by atoms with Gasteiger partial charge in [0.1, 0.15) is 11.3 Å². The molecule has 1 unspecified atom stereocenters. The summed E-state index contributed by atoms with van der Waals surface area (Å²) in [4.78, 5) is 21.7. The molecule has 2 atom stereocenters. The summed E-state index contributed by atoms with van der Waals surface area (Å²) in [5, 5.41) is 19.0. The fourth-order valence-electron chi connectivity index (χ4n) is 3.07. The predicted molar refractivity (Wildman–Crippen MR) is 81.4 cm³/mol. The van der Waals surface area contributed by atoms with Crippen molar-refractivity contribution in [3.63, 3.8) is 0 Å². The second-order valence-electron chi connectivity index (χ2n) is 5.96. The van der Waals surface area contributed by atoms with Crippen LogP contribution in [0.15, 0.2) is 18.2 Å². The number of nitrogens with zero attached hydrogens (tertiary/aromatic N) is 3. The number of aromatic amines is 1. The average Bonchev–Trinajstić information content (AvgIpc) is 3.02. The minimum atomic E-state index is -0.925. The van der Waals surface area contributed by atoms with E-state index in [-0.39, 0.29) is 18.4 Å². The number of rotatable bonds is 5. The third-order valence-corrected chi connectivity index (χ3v) is 4.17. The fourth-order valence-corrected chi connectivity index (χ4v) is 3.07. The largest absolute Gasteiger partial charge is 0.480 e. The molecule has 3 rings (SSSR count). The number of hydrogen-bond acceptors (Lipinski definition) is 5. The molecule has 1 saturated heterocycles. The summed E-state index contributed by atoms with van der Waals surface area (Å²) >= 11 is 0. The highest BCUT2D eigenvalue weighted by Gasteiger charge is 2.34. The van der Waals surface area contributed by atoms with Crippen molar-refractivity contribution < 1.29 is 19.4 Å². The lowest BCUT2D eigenvalue weighted by atomic mass is 10.2. The van der Waals surface area contributed by atoms with Crippen molar-refractivity contribution in [2.45, 2.75) is 18.7 Å². The van der Waals surface area contributed by atoms with Gasteiger partial charge in [0.25, 0.3) is 0 Å². The van der Waals surface area contributed by atoms with E-state index in [0.717, 1.165) is 0 Å². The van der Waals surface area contributed by atoms with Crippen molar-refractivity contribution in [1.29, 1.82) is 0 Å². The number of likely N-dealkylation sites (tertiary alicyclic amines) is 1. The summed E-state index contributed by atoms with van der Waals surface area (Å²) in [6.07, 6.45) is -0.625. The first-order chi connectivity index (χ1) is 10.9. The summed E-state index contributed by atoms with van der Waals surface area (Å²) in [6.45, 7) is 1.28. The number of fused-ring (bicyclic) bond motifs is 1. The van der Waals surface area contributed by atoms with Crippen LogP contribution in [0.5, 0.6) is 0 Å². The number of H-pyrrole nitrogens is 1. The lowest BCUT2D eigenvalue weighted by Gasteiger charge is -2.24. The van der Waals surface area contributed by atoms with Crippen molar-refractivity contribution in [2.24, 2.45) is 0 Å². The van der Waals surface area contributed by atoms with Gasteiger partial charge >= 0.3 is 5.97 Å². The molecular weight excluding hydrogens is 303 g/mol. The molecule has 0 saturated carbocycles. The Morgan fingerprint density at radius 2 is 2.30 bits per heavy atom. The van der Waals surface area contributed by atoms with Gasteiger partial charge in [0.2, 0.25) is 0 Å². The highest BCUT2D eigenvalue weighted by Crippen LogP contribution is 2.19. The van der Waals surface area contributed by atoms with Crippen molar-refractivity contribution in [2.75, 3.05) is 26.7 Å². The van der Waals surface area contributed by atoms with Gasteiger partial charge in [0.05, 0.1) is 24.7 Å². The minimum absolute atomic E-state index is 0.120. The van der Waals surface area contributed by atoms with Gasteiger partial charge in [-0.25, -0.2) is 9.37 Å². The number of carboxylic acids is 1. The lowest BCUT2D eigenvalue weighted by molar-refractivity contribution is -0.138. The average molecular weight is 322 g/mol. The minimum Gasteiger partial charge on any atom is -0.480 e. The molecule has 1 aliphatic rings.